The van der Waals surface area contributed by atoms with Gasteiger partial charge >= 0.3 is 5.97 Å². The van der Waals surface area contributed by atoms with Crippen molar-refractivity contribution in [1.82, 2.24) is 0 Å². The van der Waals surface area contributed by atoms with E-state index in [0.717, 1.165) is 11.1 Å². The molecule has 0 aliphatic heterocycles. The zero-order chi connectivity index (χ0) is 32.5. The maximum Gasteiger partial charge on any atom is 0.323 e. The Balaban J connectivity index is 2.35. The summed E-state index contributed by atoms with van der Waals surface area (Å²) in [7, 11) is -2.25. The highest BCUT2D eigenvalue weighted by Crippen LogP contribution is 2.44. The van der Waals surface area contributed by atoms with Crippen LogP contribution in [0.4, 0.5) is 0 Å². The molecule has 2 rings (SSSR count). The summed E-state index contributed by atoms with van der Waals surface area (Å²) in [4.78, 5) is 12.6. The highest BCUT2D eigenvalue weighted by atomic mass is 35.5. The topological polar surface area (TPSA) is 63.2 Å². The first kappa shape index (κ1) is 38.2. The number of rotatable bonds is 22. The summed E-state index contributed by atoms with van der Waals surface area (Å²) < 4.78 is 32.2. The fourth-order valence-electron chi connectivity index (χ4n) is 6.12. The molecule has 0 aromatic heterocycles. The van der Waals surface area contributed by atoms with Crippen LogP contribution in [-0.2, 0) is 41.4 Å². The average molecular weight is 647 g/mol. The molecule has 8 heteroatoms. The first-order valence-corrected chi connectivity index (χ1v) is 18.7. The molecule has 0 bridgehead atoms. The van der Waals surface area contributed by atoms with Gasteiger partial charge in [0.2, 0.25) is 14.6 Å². The van der Waals surface area contributed by atoms with E-state index < -0.39 is 26.7 Å². The Morgan fingerprint density at radius 2 is 1.39 bits per heavy atom. The van der Waals surface area contributed by atoms with Crippen LogP contribution in [0.15, 0.2) is 73.3 Å². The van der Waals surface area contributed by atoms with Crippen LogP contribution >= 0.6 is 11.6 Å². The summed E-state index contributed by atoms with van der Waals surface area (Å²) in [6.07, 6.45) is 1.39. The van der Waals surface area contributed by atoms with Crippen LogP contribution in [0.1, 0.15) is 78.9 Å². The third-order valence-electron chi connectivity index (χ3n) is 8.21. The fraction of sp³-hybridized carbons (Fsp3) is 0.583. The first-order chi connectivity index (χ1) is 21.1. The molecular weight excluding hydrogens is 592 g/mol. The van der Waals surface area contributed by atoms with Gasteiger partial charge in [0.1, 0.15) is 12.0 Å². The van der Waals surface area contributed by atoms with E-state index in [4.69, 9.17) is 35.0 Å². The van der Waals surface area contributed by atoms with E-state index in [0.29, 0.717) is 55.7 Å². The van der Waals surface area contributed by atoms with Crippen LogP contribution < -0.4 is 0 Å². The SMILES string of the molecule is C=CC[C@@H](O[Si](C(C)C)(C(C)C)C(C)C)[C@@H](CC)OC(OC(=O)CCl)[C@H](CCOCc1ccccc1)OCc1ccccc1. The van der Waals surface area contributed by atoms with Crippen LogP contribution in [0.5, 0.6) is 0 Å². The Hall–Kier alpha value is -2.00. The van der Waals surface area contributed by atoms with Crippen LogP contribution in [0, 0.1) is 0 Å². The molecule has 0 heterocycles. The van der Waals surface area contributed by atoms with Gasteiger partial charge < -0.3 is 23.4 Å². The van der Waals surface area contributed by atoms with Crippen LogP contribution in [0.3, 0.4) is 0 Å². The number of halogens is 1. The molecule has 4 atom stereocenters. The third kappa shape index (κ3) is 11.7. The monoisotopic (exact) mass is 646 g/mol. The smallest absolute Gasteiger partial charge is 0.323 e. The number of carbonyl (C=O) groups excluding carboxylic acids is 1. The molecule has 0 spiro atoms. The molecule has 0 fully saturated rings. The fourth-order valence-corrected chi connectivity index (χ4v) is 11.8. The number of ether oxygens (including phenoxy) is 4. The van der Waals surface area contributed by atoms with Gasteiger partial charge in [-0.25, -0.2) is 0 Å². The molecule has 0 aliphatic rings. The molecule has 44 heavy (non-hydrogen) atoms. The number of hydrogen-bond acceptors (Lipinski definition) is 6. The minimum atomic E-state index is -2.25. The average Bonchev–Trinajstić information content (AvgIpc) is 3.01. The number of hydrogen-bond donors (Lipinski definition) is 0. The summed E-state index contributed by atoms with van der Waals surface area (Å²) in [6.45, 7) is 20.9. The van der Waals surface area contributed by atoms with Crippen molar-refractivity contribution < 1.29 is 28.2 Å². The van der Waals surface area contributed by atoms with E-state index in [1.807, 2.05) is 66.7 Å². The molecule has 0 saturated heterocycles. The van der Waals surface area contributed by atoms with E-state index in [2.05, 4.69) is 55.0 Å². The predicted molar refractivity (Wildman–Crippen MR) is 182 cm³/mol. The number of alkyl halides is 1. The number of benzene rings is 2. The van der Waals surface area contributed by atoms with Crippen molar-refractivity contribution in [1.29, 1.82) is 0 Å². The van der Waals surface area contributed by atoms with Gasteiger partial charge in [-0.05, 0) is 40.6 Å². The van der Waals surface area contributed by atoms with Gasteiger partial charge in [-0.2, -0.15) is 0 Å². The second-order valence-corrected chi connectivity index (χ2v) is 17.9. The van der Waals surface area contributed by atoms with Crippen molar-refractivity contribution in [3.05, 3.63) is 84.4 Å². The number of esters is 1. The standard InChI is InChI=1S/C36H55ClO6Si/c1-9-17-33(43-44(27(3)4,28(5)6)29(7)8)32(10-2)41-36(42-35(38)24-37)34(40-26-31-20-15-12-16-21-31)22-23-39-25-30-18-13-11-14-19-30/h9,11-16,18-21,27-29,32-34,36H,1,10,17,22-26H2,2-8H3/t32-,33-,34+,36?/m1/s1. The van der Waals surface area contributed by atoms with E-state index in [1.165, 1.54) is 0 Å². The number of carbonyl (C=O) groups is 1. The predicted octanol–water partition coefficient (Wildman–Crippen LogP) is 9.22. The highest BCUT2D eigenvalue weighted by Gasteiger charge is 2.48. The lowest BCUT2D eigenvalue weighted by atomic mass is 10.1. The van der Waals surface area contributed by atoms with Crippen LogP contribution in [-0.4, -0.2) is 51.4 Å². The summed E-state index contributed by atoms with van der Waals surface area (Å²) in [5, 5.41) is 0. The minimum absolute atomic E-state index is 0.252. The quantitative estimate of drug-likeness (QED) is 0.0317. The minimum Gasteiger partial charge on any atom is -0.432 e. The van der Waals surface area contributed by atoms with Gasteiger partial charge in [0.05, 0.1) is 25.4 Å². The van der Waals surface area contributed by atoms with E-state index in [-0.39, 0.29) is 18.1 Å². The Kier molecular flexibility index (Phi) is 17.5. The second-order valence-electron chi connectivity index (χ2n) is 12.2. The van der Waals surface area contributed by atoms with E-state index in [1.54, 1.807) is 0 Å². The molecule has 0 amide bonds. The van der Waals surface area contributed by atoms with Crippen molar-refractivity contribution in [3.8, 4) is 0 Å². The first-order valence-electron chi connectivity index (χ1n) is 16.1. The third-order valence-corrected chi connectivity index (χ3v) is 14.6. The Labute approximate surface area is 272 Å². The zero-order valence-electron chi connectivity index (χ0n) is 27.9. The van der Waals surface area contributed by atoms with Crippen molar-refractivity contribution in [2.24, 2.45) is 0 Å². The molecule has 2 aromatic rings. The molecule has 0 aliphatic carbocycles. The van der Waals surface area contributed by atoms with Gasteiger partial charge in [0.25, 0.3) is 0 Å². The van der Waals surface area contributed by atoms with Crippen molar-refractivity contribution in [2.45, 2.75) is 122 Å². The molecular formula is C36H55ClO6Si. The maximum absolute atomic E-state index is 12.6. The van der Waals surface area contributed by atoms with Gasteiger partial charge in [0, 0.05) is 13.0 Å². The molecule has 246 valence electrons. The van der Waals surface area contributed by atoms with Crippen LogP contribution in [0.2, 0.25) is 16.6 Å². The highest BCUT2D eigenvalue weighted by molar-refractivity contribution is 6.77. The second kappa shape index (κ2) is 20.2. The zero-order valence-corrected chi connectivity index (χ0v) is 29.6. The molecule has 0 radical (unpaired) electrons. The van der Waals surface area contributed by atoms with Crippen molar-refractivity contribution in [3.63, 3.8) is 0 Å². The van der Waals surface area contributed by atoms with E-state index >= 15 is 0 Å². The summed E-state index contributed by atoms with van der Waals surface area (Å²) in [6, 6.07) is 19.9. The van der Waals surface area contributed by atoms with E-state index in [9.17, 15) is 4.79 Å². The molecule has 1 unspecified atom stereocenters. The summed E-state index contributed by atoms with van der Waals surface area (Å²) >= 11 is 5.91. The largest absolute Gasteiger partial charge is 0.432 e. The lowest BCUT2D eigenvalue weighted by Gasteiger charge is -2.46. The maximum atomic E-state index is 12.6. The molecule has 0 N–H and O–H groups in total. The molecule has 6 nitrogen and oxygen atoms in total. The van der Waals surface area contributed by atoms with Gasteiger partial charge in [-0.15, -0.1) is 18.2 Å². The van der Waals surface area contributed by atoms with Crippen molar-refractivity contribution >= 4 is 25.9 Å². The normalized spacial score (nSPS) is 14.9. The van der Waals surface area contributed by atoms with Crippen molar-refractivity contribution in [2.75, 3.05) is 12.5 Å². The molecule has 0 saturated carbocycles. The Morgan fingerprint density at radius 3 is 1.86 bits per heavy atom. The molecule has 2 aromatic carbocycles. The lowest BCUT2D eigenvalue weighted by molar-refractivity contribution is -0.238. The van der Waals surface area contributed by atoms with Gasteiger partial charge in [-0.1, -0.05) is 115 Å². The lowest BCUT2D eigenvalue weighted by Crippen LogP contribution is -2.53. The summed E-state index contributed by atoms with van der Waals surface area (Å²) in [5.41, 5.74) is 3.30. The Bertz CT molecular complexity index is 1040. The summed E-state index contributed by atoms with van der Waals surface area (Å²) in [5.74, 6) is -0.857. The van der Waals surface area contributed by atoms with Gasteiger partial charge in [-0.3, -0.25) is 4.79 Å². The van der Waals surface area contributed by atoms with Gasteiger partial charge in [0.15, 0.2) is 0 Å². The van der Waals surface area contributed by atoms with Crippen LogP contribution in [0.25, 0.3) is 0 Å². The Morgan fingerprint density at radius 1 is 0.841 bits per heavy atom.